The number of nitrogens with one attached hydrogen (secondary N) is 1. The molecule has 5 heteroatoms. The Morgan fingerprint density at radius 1 is 1.17 bits per heavy atom. The fourth-order valence-electron chi connectivity index (χ4n) is 2.88. The van der Waals surface area contributed by atoms with Crippen LogP contribution in [0.5, 0.6) is 5.88 Å². The van der Waals surface area contributed by atoms with Crippen molar-refractivity contribution in [3.05, 3.63) is 52.7 Å². The second kappa shape index (κ2) is 6.87. The molecule has 0 spiro atoms. The number of fused-ring (bicyclic) bond motifs is 1. The summed E-state index contributed by atoms with van der Waals surface area (Å²) in [5, 5.41) is 0. The Hall–Kier alpha value is -1.98. The van der Waals surface area contributed by atoms with Crippen LogP contribution in [0.2, 0.25) is 0 Å². The number of aromatic nitrogens is 2. The third-order valence-electron chi connectivity index (χ3n) is 4.01. The highest BCUT2D eigenvalue weighted by Gasteiger charge is 2.13. The van der Waals surface area contributed by atoms with Gasteiger partial charge in [-0.15, -0.1) is 0 Å². The van der Waals surface area contributed by atoms with E-state index in [0.29, 0.717) is 5.88 Å². The molecule has 24 heavy (non-hydrogen) atoms. The number of aryl methyl sites for hydroxylation is 2. The summed E-state index contributed by atoms with van der Waals surface area (Å²) >= 11 is 1.73. The number of nitrogens with zero attached hydrogens (tertiary/aromatic N) is 2. The zero-order valence-electron chi connectivity index (χ0n) is 14.8. The molecule has 0 aliphatic heterocycles. The number of H-pyrrole nitrogens is 1. The first-order valence-corrected chi connectivity index (χ1v) is 8.72. The van der Waals surface area contributed by atoms with Gasteiger partial charge in [0.2, 0.25) is 5.88 Å². The lowest BCUT2D eigenvalue weighted by molar-refractivity contribution is 0.396. The molecule has 0 unspecified atom stereocenters. The van der Waals surface area contributed by atoms with E-state index in [4.69, 9.17) is 9.72 Å². The van der Waals surface area contributed by atoms with Crippen LogP contribution in [0.1, 0.15) is 22.4 Å². The zero-order chi connectivity index (χ0) is 17.3. The number of methoxy groups -OCH3 is 1. The molecule has 0 aliphatic carbocycles. The van der Waals surface area contributed by atoms with Crippen LogP contribution in [0, 0.1) is 13.8 Å². The van der Waals surface area contributed by atoms with Crippen molar-refractivity contribution in [1.29, 1.82) is 0 Å². The molecule has 4 nitrogen and oxygen atoms in total. The van der Waals surface area contributed by atoms with Gasteiger partial charge in [-0.2, -0.15) is 0 Å². The van der Waals surface area contributed by atoms with E-state index in [1.807, 2.05) is 6.92 Å². The molecule has 0 fully saturated rings. The van der Waals surface area contributed by atoms with E-state index in [1.165, 1.54) is 16.0 Å². The summed E-state index contributed by atoms with van der Waals surface area (Å²) in [5.74, 6) is 0.695. The number of hydrogen-bond donors (Lipinski definition) is 1. The van der Waals surface area contributed by atoms with Crippen LogP contribution in [-0.2, 0) is 6.42 Å². The predicted molar refractivity (Wildman–Crippen MR) is 101 cm³/mol. The van der Waals surface area contributed by atoms with Crippen molar-refractivity contribution in [2.75, 3.05) is 21.2 Å². The highest BCUT2D eigenvalue weighted by Crippen LogP contribution is 2.28. The van der Waals surface area contributed by atoms with Crippen molar-refractivity contribution in [2.24, 2.45) is 0 Å². The van der Waals surface area contributed by atoms with E-state index >= 15 is 0 Å². The minimum Gasteiger partial charge on any atom is -0.481 e. The molecule has 0 amide bonds. The highest BCUT2D eigenvalue weighted by atomic mass is 32.2. The number of hydrogen-bond acceptors (Lipinski definition) is 4. The summed E-state index contributed by atoms with van der Waals surface area (Å²) in [6, 6.07) is 10.8. The number of aromatic amines is 1. The number of rotatable bonds is 5. The van der Waals surface area contributed by atoms with E-state index in [0.717, 1.165) is 28.7 Å². The molecule has 1 aromatic carbocycles. The Balaban J connectivity index is 1.93. The van der Waals surface area contributed by atoms with Crippen molar-refractivity contribution >= 4 is 23.0 Å². The first-order chi connectivity index (χ1) is 11.5. The zero-order valence-corrected chi connectivity index (χ0v) is 15.6. The maximum absolute atomic E-state index is 5.39. The molecule has 1 N–H and O–H groups in total. The average Bonchev–Trinajstić information content (AvgIpc) is 2.82. The maximum Gasteiger partial charge on any atom is 0.216 e. The monoisotopic (exact) mass is 341 g/mol. The Labute approximate surface area is 147 Å². The minimum absolute atomic E-state index is 0.695. The van der Waals surface area contributed by atoms with Crippen LogP contribution < -0.4 is 4.74 Å². The molecule has 2 heterocycles. The van der Waals surface area contributed by atoms with Crippen molar-refractivity contribution in [3.8, 4) is 5.88 Å². The lowest BCUT2D eigenvalue weighted by atomic mass is 10.0. The van der Waals surface area contributed by atoms with Crippen molar-refractivity contribution in [1.82, 2.24) is 14.3 Å². The van der Waals surface area contributed by atoms with Gasteiger partial charge in [-0.3, -0.25) is 4.31 Å². The van der Waals surface area contributed by atoms with Crippen molar-refractivity contribution in [2.45, 2.75) is 25.2 Å². The molecule has 2 aromatic heterocycles. The first-order valence-electron chi connectivity index (χ1n) is 7.95. The molecule has 0 radical (unpaired) electrons. The third kappa shape index (κ3) is 3.42. The standard InChI is InChI=1S/C19H23N3OS/c1-12-10-17-18(21-19(12)23-5)16(13(2)20-17)11-14-6-8-15(9-7-14)24-22(3)4/h6-10,20H,11H2,1-5H3. The average molecular weight is 341 g/mol. The molecule has 0 bridgehead atoms. The number of benzene rings is 1. The quantitative estimate of drug-likeness (QED) is 0.701. The van der Waals surface area contributed by atoms with Crippen molar-refractivity contribution in [3.63, 3.8) is 0 Å². The molecular formula is C19H23N3OS. The van der Waals surface area contributed by atoms with Crippen LogP contribution in [0.3, 0.4) is 0 Å². The molecule has 3 rings (SSSR count). The SMILES string of the molecule is COc1nc2c(Cc3ccc(SN(C)C)cc3)c(C)[nH]c2cc1C. The maximum atomic E-state index is 5.39. The lowest BCUT2D eigenvalue weighted by Crippen LogP contribution is -1.98. The fourth-order valence-corrected chi connectivity index (χ4v) is 3.56. The third-order valence-corrected chi connectivity index (χ3v) is 4.86. The molecule has 3 aromatic rings. The molecule has 0 saturated carbocycles. The Morgan fingerprint density at radius 3 is 2.50 bits per heavy atom. The Kier molecular flexibility index (Phi) is 4.83. The van der Waals surface area contributed by atoms with Crippen LogP contribution in [0.25, 0.3) is 11.0 Å². The van der Waals surface area contributed by atoms with Gasteiger partial charge < -0.3 is 9.72 Å². The van der Waals surface area contributed by atoms with Gasteiger partial charge in [0.25, 0.3) is 0 Å². The molecule has 0 saturated heterocycles. The molecule has 126 valence electrons. The minimum atomic E-state index is 0.695. The number of pyridine rings is 1. The van der Waals surface area contributed by atoms with E-state index < -0.39 is 0 Å². The van der Waals surface area contributed by atoms with Crippen molar-refractivity contribution < 1.29 is 4.74 Å². The Bertz CT molecular complexity index is 853. The van der Waals surface area contributed by atoms with Gasteiger partial charge in [-0.1, -0.05) is 12.1 Å². The van der Waals surface area contributed by atoms with Gasteiger partial charge in [0.15, 0.2) is 0 Å². The Morgan fingerprint density at radius 2 is 1.88 bits per heavy atom. The fraction of sp³-hybridized carbons (Fsp3) is 0.316. The summed E-state index contributed by atoms with van der Waals surface area (Å²) in [6.07, 6.45) is 0.859. The summed E-state index contributed by atoms with van der Waals surface area (Å²) in [7, 11) is 5.77. The second-order valence-corrected chi connectivity index (χ2v) is 7.55. The van der Waals surface area contributed by atoms with Gasteiger partial charge in [-0.05, 0) is 63.7 Å². The van der Waals surface area contributed by atoms with Gasteiger partial charge in [-0.25, -0.2) is 4.98 Å². The van der Waals surface area contributed by atoms with Gasteiger partial charge >= 0.3 is 0 Å². The molecular weight excluding hydrogens is 318 g/mol. The van der Waals surface area contributed by atoms with E-state index in [1.54, 1.807) is 19.1 Å². The van der Waals surface area contributed by atoms with Crippen LogP contribution in [-0.4, -0.2) is 35.5 Å². The normalized spacial score (nSPS) is 11.4. The summed E-state index contributed by atoms with van der Waals surface area (Å²) in [4.78, 5) is 9.40. The van der Waals surface area contributed by atoms with Gasteiger partial charge in [0.1, 0.15) is 0 Å². The lowest BCUT2D eigenvalue weighted by Gasteiger charge is -2.09. The summed E-state index contributed by atoms with van der Waals surface area (Å²) < 4.78 is 7.48. The molecule has 0 aliphatic rings. The van der Waals surface area contributed by atoms with E-state index in [9.17, 15) is 0 Å². The predicted octanol–water partition coefficient (Wildman–Crippen LogP) is 4.35. The van der Waals surface area contributed by atoms with Crippen LogP contribution in [0.15, 0.2) is 35.2 Å². The summed E-state index contributed by atoms with van der Waals surface area (Å²) in [5.41, 5.74) is 6.79. The van der Waals surface area contributed by atoms with Crippen LogP contribution >= 0.6 is 11.9 Å². The van der Waals surface area contributed by atoms with E-state index in [2.05, 4.69) is 60.6 Å². The molecule has 0 atom stereocenters. The second-order valence-electron chi connectivity index (χ2n) is 6.16. The number of ether oxygens (including phenoxy) is 1. The highest BCUT2D eigenvalue weighted by molar-refractivity contribution is 7.97. The largest absolute Gasteiger partial charge is 0.481 e. The van der Waals surface area contributed by atoms with Gasteiger partial charge in [0, 0.05) is 28.1 Å². The van der Waals surface area contributed by atoms with Gasteiger partial charge in [0.05, 0.1) is 18.1 Å². The first kappa shape index (κ1) is 16.9. The summed E-state index contributed by atoms with van der Waals surface area (Å²) in [6.45, 7) is 4.12. The topological polar surface area (TPSA) is 41.1 Å². The van der Waals surface area contributed by atoms with Crippen LogP contribution in [0.4, 0.5) is 0 Å². The smallest absolute Gasteiger partial charge is 0.216 e. The van der Waals surface area contributed by atoms with E-state index in [-0.39, 0.29) is 0 Å².